The van der Waals surface area contributed by atoms with Crippen LogP contribution in [0, 0.1) is 11.8 Å². The second kappa shape index (κ2) is 8.50. The molecule has 1 aliphatic heterocycles. The number of esters is 1. The first-order valence-corrected chi connectivity index (χ1v) is 9.75. The van der Waals surface area contributed by atoms with E-state index in [4.69, 9.17) is 4.74 Å². The molecule has 0 aromatic rings. The van der Waals surface area contributed by atoms with Crippen LogP contribution in [0.4, 0.5) is 0 Å². The minimum absolute atomic E-state index is 0.0225. The Morgan fingerprint density at radius 2 is 1.87 bits per heavy atom. The fraction of sp³-hybridized carbons (Fsp3) is 0.950. The highest BCUT2D eigenvalue weighted by atomic mass is 16.5. The molecule has 0 aliphatic carbocycles. The largest absolute Gasteiger partial charge is 0.462 e. The van der Waals surface area contributed by atoms with Crippen molar-refractivity contribution < 1.29 is 9.53 Å². The predicted molar refractivity (Wildman–Crippen MR) is 97.5 cm³/mol. The highest BCUT2D eigenvalue weighted by Crippen LogP contribution is 2.39. The summed E-state index contributed by atoms with van der Waals surface area (Å²) in [5.41, 5.74) is 0.0758. The van der Waals surface area contributed by atoms with E-state index in [-0.39, 0.29) is 29.1 Å². The number of hydrogen-bond donors (Lipinski definition) is 1. The van der Waals surface area contributed by atoms with Gasteiger partial charge in [0.05, 0.1) is 5.92 Å². The van der Waals surface area contributed by atoms with Crippen LogP contribution >= 0.6 is 0 Å². The first-order chi connectivity index (χ1) is 10.7. The molecule has 3 nitrogen and oxygen atoms in total. The predicted octanol–water partition coefficient (Wildman–Crippen LogP) is 5.08. The summed E-state index contributed by atoms with van der Waals surface area (Å²) in [4.78, 5) is 12.6. The zero-order valence-corrected chi connectivity index (χ0v) is 16.5. The molecule has 1 saturated heterocycles. The molecule has 1 fully saturated rings. The Balaban J connectivity index is 2.85. The molecule has 5 atom stereocenters. The standard InChI is InChI=1S/C20H39NO2/c1-8-12-13-16(9-2)18(22)23-17-14-19(6,10-3)21-20(7,11-4)15(17)5/h15-17,21H,8-14H2,1-7H3. The molecule has 1 aliphatic rings. The van der Waals surface area contributed by atoms with Gasteiger partial charge in [0, 0.05) is 23.4 Å². The maximum absolute atomic E-state index is 12.6. The maximum atomic E-state index is 12.6. The Bertz CT molecular complexity index is 384. The highest BCUT2D eigenvalue weighted by molar-refractivity contribution is 5.72. The second-order valence-electron chi connectivity index (χ2n) is 8.03. The maximum Gasteiger partial charge on any atom is 0.309 e. The number of nitrogens with one attached hydrogen (secondary N) is 1. The van der Waals surface area contributed by atoms with Gasteiger partial charge in [-0.3, -0.25) is 4.79 Å². The number of carbonyl (C=O) groups is 1. The summed E-state index contributed by atoms with van der Waals surface area (Å²) in [7, 11) is 0. The molecule has 1 N–H and O–H groups in total. The number of ether oxygens (including phenoxy) is 1. The zero-order chi connectivity index (χ0) is 17.7. The highest BCUT2D eigenvalue weighted by Gasteiger charge is 2.48. The lowest BCUT2D eigenvalue weighted by atomic mass is 9.70. The SMILES string of the molecule is CCCCC(CC)C(=O)OC1CC(C)(CC)NC(C)(CC)C1C. The molecule has 3 heteroatoms. The number of hydrogen-bond acceptors (Lipinski definition) is 3. The van der Waals surface area contributed by atoms with Crippen LogP contribution in [0.3, 0.4) is 0 Å². The first-order valence-electron chi connectivity index (χ1n) is 9.75. The van der Waals surface area contributed by atoms with Crippen molar-refractivity contribution in [1.82, 2.24) is 5.32 Å². The Morgan fingerprint density at radius 3 is 2.35 bits per heavy atom. The number of unbranched alkanes of at least 4 members (excludes halogenated alkanes) is 1. The summed E-state index contributed by atoms with van der Waals surface area (Å²) in [6.45, 7) is 15.5. The van der Waals surface area contributed by atoms with Crippen molar-refractivity contribution in [1.29, 1.82) is 0 Å². The summed E-state index contributed by atoms with van der Waals surface area (Å²) in [5, 5.41) is 3.84. The summed E-state index contributed by atoms with van der Waals surface area (Å²) in [6, 6.07) is 0. The van der Waals surface area contributed by atoms with Crippen molar-refractivity contribution in [3.8, 4) is 0 Å². The Labute approximate surface area is 143 Å². The van der Waals surface area contributed by atoms with Gasteiger partial charge in [-0.05, 0) is 39.5 Å². The zero-order valence-electron chi connectivity index (χ0n) is 16.5. The van der Waals surface area contributed by atoms with E-state index in [2.05, 4.69) is 53.8 Å². The number of carbonyl (C=O) groups excluding carboxylic acids is 1. The second-order valence-corrected chi connectivity index (χ2v) is 8.03. The van der Waals surface area contributed by atoms with Crippen molar-refractivity contribution in [2.24, 2.45) is 11.8 Å². The molecule has 0 spiro atoms. The molecular weight excluding hydrogens is 286 g/mol. The lowest BCUT2D eigenvalue weighted by Crippen LogP contribution is -2.66. The van der Waals surface area contributed by atoms with Gasteiger partial charge in [0.2, 0.25) is 0 Å². The molecule has 0 aromatic heterocycles. The molecule has 0 saturated carbocycles. The minimum Gasteiger partial charge on any atom is -0.462 e. The third-order valence-corrected chi connectivity index (χ3v) is 6.32. The van der Waals surface area contributed by atoms with Gasteiger partial charge in [-0.1, -0.05) is 47.5 Å². The van der Waals surface area contributed by atoms with E-state index in [0.29, 0.717) is 5.92 Å². The van der Waals surface area contributed by atoms with Crippen LogP contribution in [0.5, 0.6) is 0 Å². The van der Waals surface area contributed by atoms with Gasteiger partial charge in [-0.25, -0.2) is 0 Å². The van der Waals surface area contributed by atoms with E-state index in [1.807, 2.05) is 0 Å². The monoisotopic (exact) mass is 325 g/mol. The van der Waals surface area contributed by atoms with Crippen molar-refractivity contribution in [3.05, 3.63) is 0 Å². The molecule has 0 bridgehead atoms. The van der Waals surface area contributed by atoms with Crippen molar-refractivity contribution in [3.63, 3.8) is 0 Å². The quantitative estimate of drug-likeness (QED) is 0.632. The van der Waals surface area contributed by atoms with Gasteiger partial charge >= 0.3 is 5.97 Å². The summed E-state index contributed by atoms with van der Waals surface area (Å²) < 4.78 is 6.07. The van der Waals surface area contributed by atoms with E-state index >= 15 is 0 Å². The molecule has 0 amide bonds. The molecule has 0 aromatic carbocycles. The molecule has 1 heterocycles. The van der Waals surface area contributed by atoms with Crippen LogP contribution < -0.4 is 5.32 Å². The fourth-order valence-electron chi connectivity index (χ4n) is 3.86. The van der Waals surface area contributed by atoms with Gasteiger partial charge in [0.1, 0.15) is 6.10 Å². The fourth-order valence-corrected chi connectivity index (χ4v) is 3.86. The first kappa shape index (κ1) is 20.5. The molecule has 23 heavy (non-hydrogen) atoms. The van der Waals surface area contributed by atoms with E-state index in [0.717, 1.165) is 44.9 Å². The summed E-state index contributed by atoms with van der Waals surface area (Å²) in [5.74, 6) is 0.425. The van der Waals surface area contributed by atoms with E-state index in [1.54, 1.807) is 0 Å². The lowest BCUT2D eigenvalue weighted by molar-refractivity contribution is -0.164. The third-order valence-electron chi connectivity index (χ3n) is 6.32. The van der Waals surface area contributed by atoms with Crippen LogP contribution in [-0.2, 0) is 9.53 Å². The normalized spacial score (nSPS) is 35.8. The van der Waals surface area contributed by atoms with E-state index in [9.17, 15) is 4.79 Å². The average Bonchev–Trinajstić information content (AvgIpc) is 2.53. The van der Waals surface area contributed by atoms with Crippen LogP contribution in [-0.4, -0.2) is 23.2 Å². The molecule has 1 rings (SSSR count). The molecule has 0 radical (unpaired) electrons. The van der Waals surface area contributed by atoms with Crippen molar-refractivity contribution >= 4 is 5.97 Å². The number of piperidine rings is 1. The lowest BCUT2D eigenvalue weighted by Gasteiger charge is -2.53. The van der Waals surface area contributed by atoms with Gasteiger partial charge in [-0.2, -0.15) is 0 Å². The van der Waals surface area contributed by atoms with Gasteiger partial charge in [-0.15, -0.1) is 0 Å². The smallest absolute Gasteiger partial charge is 0.309 e. The Morgan fingerprint density at radius 1 is 1.22 bits per heavy atom. The minimum atomic E-state index is 0.0225. The molecular formula is C20H39NO2. The van der Waals surface area contributed by atoms with Crippen LogP contribution in [0.25, 0.3) is 0 Å². The Hall–Kier alpha value is -0.570. The van der Waals surface area contributed by atoms with Gasteiger partial charge < -0.3 is 10.1 Å². The van der Waals surface area contributed by atoms with Crippen LogP contribution in [0.15, 0.2) is 0 Å². The molecule has 136 valence electrons. The topological polar surface area (TPSA) is 38.3 Å². The van der Waals surface area contributed by atoms with Crippen LogP contribution in [0.1, 0.15) is 93.4 Å². The Kier molecular flexibility index (Phi) is 7.57. The average molecular weight is 326 g/mol. The van der Waals surface area contributed by atoms with E-state index < -0.39 is 0 Å². The van der Waals surface area contributed by atoms with Gasteiger partial charge in [0.25, 0.3) is 0 Å². The van der Waals surface area contributed by atoms with Crippen molar-refractivity contribution in [2.45, 2.75) is 111 Å². The van der Waals surface area contributed by atoms with Crippen LogP contribution in [0.2, 0.25) is 0 Å². The summed E-state index contributed by atoms with van der Waals surface area (Å²) >= 11 is 0. The summed E-state index contributed by atoms with van der Waals surface area (Å²) in [6.07, 6.45) is 7.12. The van der Waals surface area contributed by atoms with E-state index in [1.165, 1.54) is 0 Å². The number of rotatable bonds is 8. The van der Waals surface area contributed by atoms with Gasteiger partial charge in [0.15, 0.2) is 0 Å². The van der Waals surface area contributed by atoms with Crippen molar-refractivity contribution in [2.75, 3.05) is 0 Å². The third kappa shape index (κ3) is 4.95. The molecule has 5 unspecified atom stereocenters.